The van der Waals surface area contributed by atoms with E-state index in [9.17, 15) is 4.79 Å². The van der Waals surface area contributed by atoms with E-state index in [1.807, 2.05) is 6.92 Å². The van der Waals surface area contributed by atoms with Crippen molar-refractivity contribution in [2.45, 2.75) is 20.0 Å². The first-order valence-corrected chi connectivity index (χ1v) is 5.84. The number of carbonyl (C=O) groups is 1. The molecule has 94 valence electrons. The number of benzene rings is 1. The van der Waals surface area contributed by atoms with Gasteiger partial charge in [0, 0.05) is 12.1 Å². The van der Waals surface area contributed by atoms with Gasteiger partial charge >= 0.3 is 0 Å². The number of hydrogen-bond acceptors (Lipinski definition) is 3. The van der Waals surface area contributed by atoms with Gasteiger partial charge in [-0.25, -0.2) is 0 Å². The van der Waals surface area contributed by atoms with Crippen LogP contribution in [0.15, 0.2) is 18.2 Å². The van der Waals surface area contributed by atoms with Crippen molar-refractivity contribution in [3.05, 3.63) is 28.8 Å². The Labute approximate surface area is 106 Å². The zero-order valence-corrected chi connectivity index (χ0v) is 10.5. The fourth-order valence-electron chi connectivity index (χ4n) is 1.29. The highest BCUT2D eigenvalue weighted by molar-refractivity contribution is 6.32. The molecule has 17 heavy (non-hydrogen) atoms. The van der Waals surface area contributed by atoms with Gasteiger partial charge in [0.25, 0.3) is 5.91 Å². The molecular formula is C12H16ClNO3. The largest absolute Gasteiger partial charge is 0.482 e. The van der Waals surface area contributed by atoms with Crippen LogP contribution in [0.1, 0.15) is 18.9 Å². The molecule has 0 spiro atoms. The molecule has 1 aromatic carbocycles. The lowest BCUT2D eigenvalue weighted by molar-refractivity contribution is -0.123. The van der Waals surface area contributed by atoms with Crippen LogP contribution in [0.25, 0.3) is 0 Å². The van der Waals surface area contributed by atoms with E-state index in [1.54, 1.807) is 18.2 Å². The number of rotatable bonds is 6. The molecule has 1 amide bonds. The highest BCUT2D eigenvalue weighted by Gasteiger charge is 2.09. The maximum atomic E-state index is 11.3. The molecule has 0 bridgehead atoms. The van der Waals surface area contributed by atoms with Crippen LogP contribution in [-0.2, 0) is 11.4 Å². The van der Waals surface area contributed by atoms with Crippen LogP contribution in [0.5, 0.6) is 5.75 Å². The van der Waals surface area contributed by atoms with Crippen LogP contribution in [0.4, 0.5) is 0 Å². The Morgan fingerprint density at radius 2 is 2.29 bits per heavy atom. The topological polar surface area (TPSA) is 58.6 Å². The van der Waals surface area contributed by atoms with Crippen molar-refractivity contribution in [3.63, 3.8) is 0 Å². The predicted molar refractivity (Wildman–Crippen MR) is 66.2 cm³/mol. The van der Waals surface area contributed by atoms with Gasteiger partial charge in [-0.3, -0.25) is 4.79 Å². The molecule has 0 aliphatic carbocycles. The smallest absolute Gasteiger partial charge is 0.257 e. The minimum Gasteiger partial charge on any atom is -0.482 e. The minimum atomic E-state index is -0.198. The van der Waals surface area contributed by atoms with Gasteiger partial charge in [-0.15, -0.1) is 0 Å². The molecule has 0 aromatic heterocycles. The molecule has 1 aromatic rings. The van der Waals surface area contributed by atoms with Crippen molar-refractivity contribution < 1.29 is 14.6 Å². The number of aliphatic hydroxyl groups excluding tert-OH is 1. The lowest BCUT2D eigenvalue weighted by atomic mass is 10.2. The average molecular weight is 258 g/mol. The van der Waals surface area contributed by atoms with Crippen LogP contribution >= 0.6 is 11.6 Å². The molecule has 0 unspecified atom stereocenters. The molecule has 0 saturated carbocycles. The van der Waals surface area contributed by atoms with Crippen molar-refractivity contribution in [2.75, 3.05) is 13.2 Å². The molecule has 0 atom stereocenters. The first-order chi connectivity index (χ1) is 8.19. The molecule has 0 radical (unpaired) electrons. The molecule has 0 aliphatic heterocycles. The fraction of sp³-hybridized carbons (Fsp3) is 0.417. The lowest BCUT2D eigenvalue weighted by Crippen LogP contribution is -2.29. The SMILES string of the molecule is CCCNC(=O)COc1c(Cl)cccc1CO. The zero-order chi connectivity index (χ0) is 12.7. The fourth-order valence-corrected chi connectivity index (χ4v) is 1.54. The number of carbonyl (C=O) groups excluding carboxylic acids is 1. The second kappa shape index (κ2) is 7.14. The van der Waals surface area contributed by atoms with E-state index < -0.39 is 0 Å². The predicted octanol–water partition coefficient (Wildman–Crippen LogP) is 1.74. The zero-order valence-electron chi connectivity index (χ0n) is 9.70. The standard InChI is InChI=1S/C12H16ClNO3/c1-2-6-14-11(16)8-17-12-9(7-15)4-3-5-10(12)13/h3-5,15H,2,6-8H2,1H3,(H,14,16). The maximum Gasteiger partial charge on any atom is 0.257 e. The average Bonchev–Trinajstić information content (AvgIpc) is 2.34. The van der Waals surface area contributed by atoms with Crippen LogP contribution in [-0.4, -0.2) is 24.2 Å². The van der Waals surface area contributed by atoms with Gasteiger partial charge in [0.05, 0.1) is 11.6 Å². The Hall–Kier alpha value is -1.26. The molecule has 4 nitrogen and oxygen atoms in total. The summed E-state index contributed by atoms with van der Waals surface area (Å²) in [5, 5.41) is 12.2. The molecule has 1 rings (SSSR count). The lowest BCUT2D eigenvalue weighted by Gasteiger charge is -2.11. The van der Waals surface area contributed by atoms with E-state index in [-0.39, 0.29) is 19.1 Å². The highest BCUT2D eigenvalue weighted by Crippen LogP contribution is 2.28. The van der Waals surface area contributed by atoms with Crippen molar-refractivity contribution >= 4 is 17.5 Å². The minimum absolute atomic E-state index is 0.100. The summed E-state index contributed by atoms with van der Waals surface area (Å²) in [6, 6.07) is 5.07. The van der Waals surface area contributed by atoms with E-state index in [0.717, 1.165) is 6.42 Å². The molecule has 0 heterocycles. The second-order valence-electron chi connectivity index (χ2n) is 3.52. The van der Waals surface area contributed by atoms with Crippen LogP contribution < -0.4 is 10.1 Å². The first kappa shape index (κ1) is 13.8. The van der Waals surface area contributed by atoms with Crippen molar-refractivity contribution in [1.29, 1.82) is 0 Å². The third kappa shape index (κ3) is 4.24. The quantitative estimate of drug-likeness (QED) is 0.816. The summed E-state index contributed by atoms with van der Waals surface area (Å²) in [7, 11) is 0. The van der Waals surface area contributed by atoms with E-state index in [0.29, 0.717) is 22.9 Å². The second-order valence-corrected chi connectivity index (χ2v) is 3.93. The Balaban J connectivity index is 2.59. The van der Waals surface area contributed by atoms with Crippen molar-refractivity contribution in [1.82, 2.24) is 5.32 Å². The van der Waals surface area contributed by atoms with E-state index in [4.69, 9.17) is 21.4 Å². The van der Waals surface area contributed by atoms with Crippen molar-refractivity contribution in [2.24, 2.45) is 0 Å². The monoisotopic (exact) mass is 257 g/mol. The number of aliphatic hydroxyl groups is 1. The number of halogens is 1. The Bertz CT molecular complexity index is 382. The molecule has 0 fully saturated rings. The van der Waals surface area contributed by atoms with Gasteiger partial charge < -0.3 is 15.2 Å². The van der Waals surface area contributed by atoms with Gasteiger partial charge in [0.1, 0.15) is 5.75 Å². The van der Waals surface area contributed by atoms with Crippen LogP contribution in [0.2, 0.25) is 5.02 Å². The van der Waals surface area contributed by atoms with Gasteiger partial charge in [0.2, 0.25) is 0 Å². The summed E-state index contributed by atoms with van der Waals surface area (Å²) in [6.07, 6.45) is 0.875. The number of para-hydroxylation sites is 1. The summed E-state index contributed by atoms with van der Waals surface area (Å²) in [4.78, 5) is 11.3. The Kier molecular flexibility index (Phi) is 5.80. The summed E-state index contributed by atoms with van der Waals surface area (Å²) in [5.74, 6) is 0.166. The molecule has 0 saturated heterocycles. The Morgan fingerprint density at radius 3 is 2.94 bits per heavy atom. The van der Waals surface area contributed by atoms with Crippen LogP contribution in [0.3, 0.4) is 0 Å². The highest BCUT2D eigenvalue weighted by atomic mass is 35.5. The van der Waals surface area contributed by atoms with Gasteiger partial charge in [-0.05, 0) is 12.5 Å². The third-order valence-electron chi connectivity index (χ3n) is 2.14. The van der Waals surface area contributed by atoms with E-state index >= 15 is 0 Å². The number of nitrogens with one attached hydrogen (secondary N) is 1. The normalized spacial score (nSPS) is 10.1. The molecule has 2 N–H and O–H groups in total. The van der Waals surface area contributed by atoms with E-state index in [2.05, 4.69) is 5.32 Å². The molecular weight excluding hydrogens is 242 g/mol. The summed E-state index contributed by atoms with van der Waals surface area (Å²) < 4.78 is 5.31. The number of ether oxygens (including phenoxy) is 1. The summed E-state index contributed by atoms with van der Waals surface area (Å²) in [6.45, 7) is 2.32. The van der Waals surface area contributed by atoms with Gasteiger partial charge in [-0.2, -0.15) is 0 Å². The summed E-state index contributed by atoms with van der Waals surface area (Å²) >= 11 is 5.93. The van der Waals surface area contributed by atoms with Gasteiger partial charge in [-0.1, -0.05) is 30.7 Å². The van der Waals surface area contributed by atoms with Crippen LogP contribution in [0, 0.1) is 0 Å². The molecule has 0 aliphatic rings. The third-order valence-corrected chi connectivity index (χ3v) is 2.44. The number of amides is 1. The van der Waals surface area contributed by atoms with Crippen molar-refractivity contribution in [3.8, 4) is 5.75 Å². The van der Waals surface area contributed by atoms with Gasteiger partial charge in [0.15, 0.2) is 6.61 Å². The Morgan fingerprint density at radius 1 is 1.53 bits per heavy atom. The number of hydrogen-bond donors (Lipinski definition) is 2. The van der Waals surface area contributed by atoms with E-state index in [1.165, 1.54) is 0 Å². The molecule has 5 heteroatoms. The first-order valence-electron chi connectivity index (χ1n) is 5.46. The summed E-state index contributed by atoms with van der Waals surface area (Å²) in [5.41, 5.74) is 0.570. The maximum absolute atomic E-state index is 11.3.